The van der Waals surface area contributed by atoms with E-state index in [0.717, 1.165) is 6.42 Å². The van der Waals surface area contributed by atoms with Gasteiger partial charge in [0.15, 0.2) is 9.84 Å². The van der Waals surface area contributed by atoms with E-state index in [1.165, 1.54) is 0 Å². The maximum atomic E-state index is 11.5. The first-order valence-electron chi connectivity index (χ1n) is 5.21. The van der Waals surface area contributed by atoms with Crippen molar-refractivity contribution in [2.75, 3.05) is 22.6 Å². The Kier molecular flexibility index (Phi) is 3.53. The molecule has 8 heteroatoms. The summed E-state index contributed by atoms with van der Waals surface area (Å²) in [7, 11) is -2.93. The molecule has 1 aromatic heterocycles. The Hall–Kier alpha value is -0.890. The van der Waals surface area contributed by atoms with E-state index >= 15 is 0 Å². The van der Waals surface area contributed by atoms with Crippen LogP contribution in [-0.4, -0.2) is 35.9 Å². The van der Waals surface area contributed by atoms with Crippen molar-refractivity contribution < 1.29 is 8.42 Å². The molecule has 1 aliphatic rings. The summed E-state index contributed by atoms with van der Waals surface area (Å²) in [4.78, 5) is 7.85. The van der Waals surface area contributed by atoms with E-state index in [1.807, 2.05) is 0 Å². The average molecular weight is 321 g/mol. The van der Waals surface area contributed by atoms with E-state index in [9.17, 15) is 8.42 Å². The van der Waals surface area contributed by atoms with Crippen LogP contribution >= 0.6 is 15.9 Å². The van der Waals surface area contributed by atoms with Crippen LogP contribution in [0.5, 0.6) is 0 Å². The molecule has 2 rings (SSSR count). The fourth-order valence-corrected chi connectivity index (χ4v) is 3.75. The number of hydrogen-bond acceptors (Lipinski definition) is 6. The number of nitrogen functional groups attached to an aromatic ring is 1. The zero-order chi connectivity index (χ0) is 12.5. The molecule has 1 fully saturated rings. The van der Waals surface area contributed by atoms with Crippen molar-refractivity contribution in [2.24, 2.45) is 0 Å². The monoisotopic (exact) mass is 320 g/mol. The van der Waals surface area contributed by atoms with Crippen molar-refractivity contribution in [1.82, 2.24) is 9.97 Å². The lowest BCUT2D eigenvalue weighted by atomic mass is 10.2. The molecule has 0 bridgehead atoms. The fraction of sp³-hybridized carbons (Fsp3) is 0.556. The predicted octanol–water partition coefficient (Wildman–Crippen LogP) is 0.810. The van der Waals surface area contributed by atoms with E-state index in [-0.39, 0.29) is 23.5 Å². The Bertz CT molecular complexity index is 520. The second-order valence-electron chi connectivity index (χ2n) is 4.02. The normalized spacial score (nSPS) is 23.2. The molecule has 1 aliphatic heterocycles. The van der Waals surface area contributed by atoms with Crippen molar-refractivity contribution in [3.63, 3.8) is 0 Å². The third kappa shape index (κ3) is 3.29. The van der Waals surface area contributed by atoms with Crippen molar-refractivity contribution >= 4 is 37.5 Å². The number of nitrogens with one attached hydrogen (secondary N) is 1. The number of aromatic nitrogens is 2. The van der Waals surface area contributed by atoms with Crippen LogP contribution < -0.4 is 11.1 Å². The maximum absolute atomic E-state index is 11.5. The highest BCUT2D eigenvalue weighted by atomic mass is 79.9. The Balaban J connectivity index is 2.13. The van der Waals surface area contributed by atoms with Crippen molar-refractivity contribution in [3.05, 3.63) is 10.7 Å². The van der Waals surface area contributed by atoms with Gasteiger partial charge in [0.2, 0.25) is 5.95 Å². The van der Waals surface area contributed by atoms with Crippen LogP contribution in [-0.2, 0) is 9.84 Å². The number of nitrogens with two attached hydrogens (primary N) is 1. The van der Waals surface area contributed by atoms with Gasteiger partial charge in [0.25, 0.3) is 0 Å². The molecule has 1 unspecified atom stereocenters. The average Bonchev–Trinajstić information content (AvgIpc) is 2.22. The van der Waals surface area contributed by atoms with Gasteiger partial charge in [-0.25, -0.2) is 13.4 Å². The zero-order valence-corrected chi connectivity index (χ0v) is 11.5. The smallest absolute Gasteiger partial charge is 0.221 e. The fourth-order valence-electron chi connectivity index (χ4n) is 1.81. The molecular weight excluding hydrogens is 308 g/mol. The zero-order valence-electron chi connectivity index (χ0n) is 9.06. The van der Waals surface area contributed by atoms with E-state index in [4.69, 9.17) is 5.73 Å². The molecule has 3 N–H and O–H groups in total. The van der Waals surface area contributed by atoms with Gasteiger partial charge in [-0.2, -0.15) is 4.98 Å². The number of halogens is 1. The van der Waals surface area contributed by atoms with Gasteiger partial charge < -0.3 is 11.1 Å². The summed E-state index contributed by atoms with van der Waals surface area (Å²) in [6.45, 7) is 0. The first-order valence-corrected chi connectivity index (χ1v) is 7.83. The molecule has 0 aromatic carbocycles. The van der Waals surface area contributed by atoms with Gasteiger partial charge in [0, 0.05) is 12.2 Å². The van der Waals surface area contributed by atoms with Crippen molar-refractivity contribution in [1.29, 1.82) is 0 Å². The summed E-state index contributed by atoms with van der Waals surface area (Å²) in [6, 6.07) is -0.112. The minimum atomic E-state index is -2.93. The largest absolute Gasteiger partial charge is 0.368 e. The number of rotatable bonds is 2. The second kappa shape index (κ2) is 4.77. The lowest BCUT2D eigenvalue weighted by Crippen LogP contribution is -2.35. The first kappa shape index (κ1) is 12.6. The Morgan fingerprint density at radius 3 is 3.00 bits per heavy atom. The van der Waals surface area contributed by atoms with Gasteiger partial charge >= 0.3 is 0 Å². The van der Waals surface area contributed by atoms with Crippen LogP contribution in [0.25, 0.3) is 0 Å². The van der Waals surface area contributed by atoms with Gasteiger partial charge in [0.05, 0.1) is 16.0 Å². The summed E-state index contributed by atoms with van der Waals surface area (Å²) in [5.74, 6) is 1.12. The molecule has 1 saturated heterocycles. The molecule has 0 spiro atoms. The van der Waals surface area contributed by atoms with Gasteiger partial charge in [-0.1, -0.05) is 0 Å². The Morgan fingerprint density at radius 2 is 2.29 bits per heavy atom. The van der Waals surface area contributed by atoms with Crippen molar-refractivity contribution in [3.8, 4) is 0 Å². The topological polar surface area (TPSA) is 98.0 Å². The van der Waals surface area contributed by atoms with Crippen LogP contribution in [0.15, 0.2) is 10.7 Å². The molecule has 94 valence electrons. The van der Waals surface area contributed by atoms with Crippen LogP contribution in [0.4, 0.5) is 11.8 Å². The third-order valence-corrected chi connectivity index (χ3v) is 4.97. The highest BCUT2D eigenvalue weighted by Gasteiger charge is 2.25. The highest BCUT2D eigenvalue weighted by Crippen LogP contribution is 2.23. The number of hydrogen-bond donors (Lipinski definition) is 2. The molecule has 6 nitrogen and oxygen atoms in total. The van der Waals surface area contributed by atoms with Crippen LogP contribution in [0.3, 0.4) is 0 Å². The molecule has 0 radical (unpaired) electrons. The summed E-state index contributed by atoms with van der Waals surface area (Å²) in [6.07, 6.45) is 3.04. The quantitative estimate of drug-likeness (QED) is 0.836. The van der Waals surface area contributed by atoms with Gasteiger partial charge in [0.1, 0.15) is 5.82 Å². The molecule has 1 atom stereocenters. The molecule has 17 heavy (non-hydrogen) atoms. The number of sulfone groups is 1. The maximum Gasteiger partial charge on any atom is 0.221 e. The summed E-state index contributed by atoms with van der Waals surface area (Å²) in [5.41, 5.74) is 5.48. The molecule has 2 heterocycles. The predicted molar refractivity (Wildman–Crippen MR) is 69.4 cm³/mol. The summed E-state index contributed by atoms with van der Waals surface area (Å²) in [5, 5.41) is 3.09. The Labute approximate surface area is 108 Å². The first-order chi connectivity index (χ1) is 7.96. The third-order valence-electron chi connectivity index (χ3n) is 2.57. The number of nitrogens with zero attached hydrogens (tertiary/aromatic N) is 2. The molecule has 0 aliphatic carbocycles. The van der Waals surface area contributed by atoms with Gasteiger partial charge in [-0.15, -0.1) is 0 Å². The lowest BCUT2D eigenvalue weighted by Gasteiger charge is -2.23. The SMILES string of the molecule is Nc1ncc(Br)c(NC2CCCS(=O)(=O)C2)n1. The standard InChI is InChI=1S/C9H13BrN4O2S/c10-7-4-12-9(11)14-8(7)13-6-2-1-3-17(15,16)5-6/h4,6H,1-3,5H2,(H3,11,12,13,14). The van der Waals surface area contributed by atoms with Gasteiger partial charge in [-0.3, -0.25) is 0 Å². The second-order valence-corrected chi connectivity index (χ2v) is 7.11. The van der Waals surface area contributed by atoms with E-state index < -0.39 is 9.84 Å². The molecule has 1 aromatic rings. The van der Waals surface area contributed by atoms with E-state index in [1.54, 1.807) is 6.20 Å². The molecular formula is C9H13BrN4O2S. The Morgan fingerprint density at radius 1 is 1.53 bits per heavy atom. The van der Waals surface area contributed by atoms with Gasteiger partial charge in [-0.05, 0) is 28.8 Å². The highest BCUT2D eigenvalue weighted by molar-refractivity contribution is 9.10. The van der Waals surface area contributed by atoms with E-state index in [2.05, 4.69) is 31.2 Å². The summed E-state index contributed by atoms with van der Waals surface area (Å²) < 4.78 is 23.7. The van der Waals surface area contributed by atoms with Crippen LogP contribution in [0.1, 0.15) is 12.8 Å². The minimum Gasteiger partial charge on any atom is -0.368 e. The van der Waals surface area contributed by atoms with Crippen LogP contribution in [0, 0.1) is 0 Å². The minimum absolute atomic E-state index is 0.112. The summed E-state index contributed by atoms with van der Waals surface area (Å²) >= 11 is 3.29. The molecule has 0 saturated carbocycles. The van der Waals surface area contributed by atoms with Crippen LogP contribution in [0.2, 0.25) is 0 Å². The lowest BCUT2D eigenvalue weighted by molar-refractivity contribution is 0.561. The molecule has 0 amide bonds. The van der Waals surface area contributed by atoms with E-state index in [0.29, 0.717) is 16.7 Å². The number of anilines is 2. The van der Waals surface area contributed by atoms with Crippen molar-refractivity contribution in [2.45, 2.75) is 18.9 Å².